The van der Waals surface area contributed by atoms with Crippen LogP contribution in [0.2, 0.25) is 0 Å². The van der Waals surface area contributed by atoms with Crippen LogP contribution >= 0.6 is 0 Å². The minimum atomic E-state index is -0.0335. The van der Waals surface area contributed by atoms with Gasteiger partial charge < -0.3 is 10.6 Å². The summed E-state index contributed by atoms with van der Waals surface area (Å²) in [6.45, 7) is 8.07. The van der Waals surface area contributed by atoms with Gasteiger partial charge in [0.05, 0.1) is 11.3 Å². The number of hydrogen-bond acceptors (Lipinski definition) is 3. The summed E-state index contributed by atoms with van der Waals surface area (Å²) >= 11 is 0. The zero-order valence-electron chi connectivity index (χ0n) is 12.3. The van der Waals surface area contributed by atoms with Crippen molar-refractivity contribution in [3.63, 3.8) is 0 Å². The van der Waals surface area contributed by atoms with Crippen LogP contribution in [-0.2, 0) is 7.05 Å². The lowest BCUT2D eigenvalue weighted by Gasteiger charge is -2.39. The van der Waals surface area contributed by atoms with E-state index >= 15 is 0 Å². The number of carbonyl (C=O) groups is 1. The van der Waals surface area contributed by atoms with Crippen LogP contribution in [0.3, 0.4) is 0 Å². The van der Waals surface area contributed by atoms with E-state index in [2.05, 4.69) is 29.6 Å². The standard InChI is InChI=1S/C14H24N4O/c1-10-11(9-18(4)17-10)13(19)16-8-12-14(2,3)6-5-7-15-12/h9,12,15H,5-8H2,1-4H3,(H,16,19). The third-order valence-corrected chi connectivity index (χ3v) is 4.06. The number of rotatable bonds is 3. The van der Waals surface area contributed by atoms with Gasteiger partial charge in [-0.05, 0) is 31.7 Å². The number of hydrogen-bond donors (Lipinski definition) is 2. The first kappa shape index (κ1) is 14.1. The molecule has 2 N–H and O–H groups in total. The molecule has 1 aromatic rings. The first-order valence-corrected chi connectivity index (χ1v) is 6.92. The molecule has 1 fully saturated rings. The van der Waals surface area contributed by atoms with Gasteiger partial charge in [-0.1, -0.05) is 13.8 Å². The molecule has 1 aliphatic heterocycles. The Hall–Kier alpha value is -1.36. The minimum absolute atomic E-state index is 0.0335. The van der Waals surface area contributed by atoms with E-state index in [0.717, 1.165) is 12.2 Å². The fourth-order valence-corrected chi connectivity index (χ4v) is 2.73. The molecular weight excluding hydrogens is 240 g/mol. The Bertz CT molecular complexity index is 464. The van der Waals surface area contributed by atoms with Crippen LogP contribution in [-0.4, -0.2) is 34.8 Å². The second-order valence-corrected chi connectivity index (χ2v) is 6.11. The summed E-state index contributed by atoms with van der Waals surface area (Å²) in [5, 5.41) is 10.7. The molecule has 0 bridgehead atoms. The van der Waals surface area contributed by atoms with Crippen LogP contribution in [0.5, 0.6) is 0 Å². The van der Waals surface area contributed by atoms with Crippen molar-refractivity contribution in [1.29, 1.82) is 0 Å². The minimum Gasteiger partial charge on any atom is -0.350 e. The van der Waals surface area contributed by atoms with Crippen molar-refractivity contribution in [2.24, 2.45) is 12.5 Å². The van der Waals surface area contributed by atoms with E-state index < -0.39 is 0 Å². The second-order valence-electron chi connectivity index (χ2n) is 6.11. The van der Waals surface area contributed by atoms with E-state index in [0.29, 0.717) is 18.2 Å². The highest BCUT2D eigenvalue weighted by molar-refractivity contribution is 5.95. The van der Waals surface area contributed by atoms with Crippen molar-refractivity contribution < 1.29 is 4.79 Å². The predicted molar refractivity (Wildman–Crippen MR) is 75.1 cm³/mol. The molecule has 0 aromatic carbocycles. The number of nitrogens with one attached hydrogen (secondary N) is 2. The smallest absolute Gasteiger partial charge is 0.254 e. The fourth-order valence-electron chi connectivity index (χ4n) is 2.73. The molecule has 19 heavy (non-hydrogen) atoms. The molecule has 1 amide bonds. The lowest BCUT2D eigenvalue weighted by Crippen LogP contribution is -2.52. The monoisotopic (exact) mass is 264 g/mol. The quantitative estimate of drug-likeness (QED) is 0.863. The highest BCUT2D eigenvalue weighted by Crippen LogP contribution is 2.29. The van der Waals surface area contributed by atoms with E-state index in [9.17, 15) is 4.79 Å². The first-order chi connectivity index (χ1) is 8.90. The third-order valence-electron chi connectivity index (χ3n) is 4.06. The maximum Gasteiger partial charge on any atom is 0.254 e. The average Bonchev–Trinajstić information content (AvgIpc) is 2.66. The van der Waals surface area contributed by atoms with Gasteiger partial charge in [-0.2, -0.15) is 5.10 Å². The van der Waals surface area contributed by atoms with Gasteiger partial charge in [0.25, 0.3) is 5.91 Å². The summed E-state index contributed by atoms with van der Waals surface area (Å²) in [5.41, 5.74) is 1.67. The molecule has 2 rings (SSSR count). The normalized spacial score (nSPS) is 22.2. The van der Waals surface area contributed by atoms with Crippen LogP contribution in [0.15, 0.2) is 6.20 Å². The molecule has 106 valence electrons. The lowest BCUT2D eigenvalue weighted by molar-refractivity contribution is 0.0928. The highest BCUT2D eigenvalue weighted by atomic mass is 16.1. The van der Waals surface area contributed by atoms with Gasteiger partial charge in [-0.15, -0.1) is 0 Å². The van der Waals surface area contributed by atoms with E-state index in [-0.39, 0.29) is 11.3 Å². The topological polar surface area (TPSA) is 59.0 Å². The number of amides is 1. The van der Waals surface area contributed by atoms with E-state index in [1.807, 2.05) is 14.0 Å². The molecule has 5 heteroatoms. The molecular formula is C14H24N4O. The van der Waals surface area contributed by atoms with E-state index in [4.69, 9.17) is 0 Å². The molecule has 1 atom stereocenters. The van der Waals surface area contributed by atoms with Gasteiger partial charge >= 0.3 is 0 Å². The molecule has 0 aliphatic carbocycles. The van der Waals surface area contributed by atoms with Gasteiger partial charge in [0.15, 0.2) is 0 Å². The zero-order chi connectivity index (χ0) is 14.0. The zero-order valence-corrected chi connectivity index (χ0v) is 12.3. The third kappa shape index (κ3) is 3.15. The molecule has 0 radical (unpaired) electrons. The Morgan fingerprint density at radius 2 is 2.37 bits per heavy atom. The van der Waals surface area contributed by atoms with Gasteiger partial charge in [-0.25, -0.2) is 0 Å². The average molecular weight is 264 g/mol. The highest BCUT2D eigenvalue weighted by Gasteiger charge is 2.32. The summed E-state index contributed by atoms with van der Waals surface area (Å²) in [5.74, 6) is -0.0335. The van der Waals surface area contributed by atoms with Crippen molar-refractivity contribution in [2.75, 3.05) is 13.1 Å². The summed E-state index contributed by atoms with van der Waals surface area (Å²) in [6, 6.07) is 0.335. The summed E-state index contributed by atoms with van der Waals surface area (Å²) in [7, 11) is 1.83. The molecule has 1 unspecified atom stereocenters. The number of aryl methyl sites for hydroxylation is 2. The van der Waals surface area contributed by atoms with Crippen LogP contribution < -0.4 is 10.6 Å². The Labute approximate surface area is 114 Å². The number of aromatic nitrogens is 2. The largest absolute Gasteiger partial charge is 0.350 e. The van der Waals surface area contributed by atoms with Gasteiger partial charge in [-0.3, -0.25) is 9.48 Å². The SMILES string of the molecule is Cc1nn(C)cc1C(=O)NCC1NCCCC1(C)C. The Balaban J connectivity index is 1.95. The number of nitrogens with zero attached hydrogens (tertiary/aromatic N) is 2. The van der Waals surface area contributed by atoms with Gasteiger partial charge in [0.2, 0.25) is 0 Å². The molecule has 5 nitrogen and oxygen atoms in total. The summed E-state index contributed by atoms with van der Waals surface area (Å²) < 4.78 is 1.67. The molecule has 1 aliphatic rings. The summed E-state index contributed by atoms with van der Waals surface area (Å²) in [4.78, 5) is 12.1. The van der Waals surface area contributed by atoms with Crippen molar-refractivity contribution >= 4 is 5.91 Å². The Kier molecular flexibility index (Phi) is 3.94. The summed E-state index contributed by atoms with van der Waals surface area (Å²) in [6.07, 6.45) is 4.18. The van der Waals surface area contributed by atoms with Crippen molar-refractivity contribution in [3.05, 3.63) is 17.5 Å². The maximum absolute atomic E-state index is 12.1. The van der Waals surface area contributed by atoms with E-state index in [1.165, 1.54) is 12.8 Å². The first-order valence-electron chi connectivity index (χ1n) is 6.92. The van der Waals surface area contributed by atoms with Crippen molar-refractivity contribution in [2.45, 2.75) is 39.7 Å². The number of piperidine rings is 1. The second kappa shape index (κ2) is 5.33. The van der Waals surface area contributed by atoms with Gasteiger partial charge in [0, 0.05) is 25.8 Å². The Morgan fingerprint density at radius 1 is 1.63 bits per heavy atom. The maximum atomic E-state index is 12.1. The van der Waals surface area contributed by atoms with Crippen LogP contribution in [0.4, 0.5) is 0 Å². The van der Waals surface area contributed by atoms with Crippen LogP contribution in [0, 0.1) is 12.3 Å². The molecule has 0 spiro atoms. The van der Waals surface area contributed by atoms with Gasteiger partial charge in [0.1, 0.15) is 0 Å². The molecule has 1 saturated heterocycles. The Morgan fingerprint density at radius 3 is 2.95 bits per heavy atom. The van der Waals surface area contributed by atoms with Crippen molar-refractivity contribution in [3.8, 4) is 0 Å². The van der Waals surface area contributed by atoms with Crippen LogP contribution in [0.1, 0.15) is 42.7 Å². The fraction of sp³-hybridized carbons (Fsp3) is 0.714. The molecule has 2 heterocycles. The number of carbonyl (C=O) groups excluding carboxylic acids is 1. The predicted octanol–water partition coefficient (Wildman–Crippen LogP) is 1.24. The van der Waals surface area contributed by atoms with Crippen LogP contribution in [0.25, 0.3) is 0 Å². The molecule has 0 saturated carbocycles. The molecule has 1 aromatic heterocycles. The van der Waals surface area contributed by atoms with Crippen molar-refractivity contribution in [1.82, 2.24) is 20.4 Å². The van der Waals surface area contributed by atoms with E-state index in [1.54, 1.807) is 10.9 Å². The lowest BCUT2D eigenvalue weighted by atomic mass is 9.77.